The second-order valence-electron chi connectivity index (χ2n) is 10.0. The molecule has 0 radical (unpaired) electrons. The van der Waals surface area contributed by atoms with Gasteiger partial charge in [-0.15, -0.1) is 0 Å². The van der Waals surface area contributed by atoms with Crippen molar-refractivity contribution in [2.45, 2.75) is 97.2 Å². The van der Waals surface area contributed by atoms with Gasteiger partial charge in [0.2, 0.25) is 0 Å². The molecule has 0 bridgehead atoms. The first-order valence-corrected chi connectivity index (χ1v) is 11.9. The Balaban J connectivity index is 2.63. The predicted molar refractivity (Wildman–Crippen MR) is 134 cm³/mol. The third kappa shape index (κ3) is 5.38. The van der Waals surface area contributed by atoms with Gasteiger partial charge < -0.3 is 30.6 Å². The van der Waals surface area contributed by atoms with E-state index < -0.39 is 36.1 Å². The monoisotopic (exact) mass is 474 g/mol. The SMILES string of the molecule is CCC(O)(Cc1c(C)ccc(C)c1C)[C@@H](O)[C@@](O)(Cc1c(C)ccc(C)c1C)[C@H](O)[C@@H](O)CO. The Bertz CT molecular complexity index is 1000. The number of hydrogen-bond acceptors (Lipinski definition) is 6. The Morgan fingerprint density at radius 1 is 0.706 bits per heavy atom. The van der Waals surface area contributed by atoms with Crippen LogP contribution >= 0.6 is 0 Å². The Morgan fingerprint density at radius 2 is 1.12 bits per heavy atom. The largest absolute Gasteiger partial charge is 0.394 e. The molecule has 6 N–H and O–H groups in total. The van der Waals surface area contributed by atoms with E-state index in [1.54, 1.807) is 6.92 Å². The highest BCUT2D eigenvalue weighted by atomic mass is 16.4. The van der Waals surface area contributed by atoms with Crippen molar-refractivity contribution in [1.29, 1.82) is 0 Å². The lowest BCUT2D eigenvalue weighted by Gasteiger charge is -2.46. The molecule has 2 rings (SSSR count). The molecule has 5 atom stereocenters. The minimum atomic E-state index is -2.33. The topological polar surface area (TPSA) is 121 Å². The van der Waals surface area contributed by atoms with Gasteiger partial charge in [0.15, 0.2) is 0 Å². The zero-order valence-corrected chi connectivity index (χ0v) is 21.6. The first kappa shape index (κ1) is 28.4. The summed E-state index contributed by atoms with van der Waals surface area (Å²) in [6.07, 6.45) is -5.48. The molecule has 6 nitrogen and oxygen atoms in total. The number of aryl methyl sites for hydroxylation is 4. The number of rotatable bonds is 10. The fraction of sp³-hybridized carbons (Fsp3) is 0.571. The van der Waals surface area contributed by atoms with Crippen LogP contribution in [0.15, 0.2) is 24.3 Å². The van der Waals surface area contributed by atoms with Gasteiger partial charge in [-0.2, -0.15) is 0 Å². The van der Waals surface area contributed by atoms with Crippen molar-refractivity contribution >= 4 is 0 Å². The summed E-state index contributed by atoms with van der Waals surface area (Å²) < 4.78 is 0. The van der Waals surface area contributed by atoms with Crippen LogP contribution in [0.25, 0.3) is 0 Å². The van der Waals surface area contributed by atoms with E-state index in [-0.39, 0.29) is 19.3 Å². The minimum Gasteiger partial charge on any atom is -0.394 e. The normalized spacial score (nSPS) is 18.1. The zero-order chi connectivity index (χ0) is 26.0. The molecule has 6 heteroatoms. The highest BCUT2D eigenvalue weighted by molar-refractivity contribution is 5.42. The smallest absolute Gasteiger partial charge is 0.126 e. The molecule has 2 aromatic carbocycles. The molecule has 0 aliphatic carbocycles. The van der Waals surface area contributed by atoms with Gasteiger partial charge in [-0.25, -0.2) is 0 Å². The molecular formula is C28H42O6. The summed E-state index contributed by atoms with van der Waals surface area (Å²) in [6.45, 7) is 12.5. The van der Waals surface area contributed by atoms with Gasteiger partial charge in [-0.3, -0.25) is 0 Å². The van der Waals surface area contributed by atoms with Crippen molar-refractivity contribution in [2.75, 3.05) is 6.61 Å². The Labute approximate surface area is 203 Å². The van der Waals surface area contributed by atoms with E-state index in [4.69, 9.17) is 0 Å². The molecule has 0 heterocycles. The van der Waals surface area contributed by atoms with Crippen LogP contribution in [0, 0.1) is 41.5 Å². The number of benzene rings is 2. The maximum Gasteiger partial charge on any atom is 0.126 e. The van der Waals surface area contributed by atoms with Crippen molar-refractivity contribution in [2.24, 2.45) is 0 Å². The fourth-order valence-electron chi connectivity index (χ4n) is 4.83. The molecule has 0 saturated heterocycles. The summed E-state index contributed by atoms with van der Waals surface area (Å²) in [6, 6.07) is 7.80. The van der Waals surface area contributed by atoms with E-state index in [1.807, 2.05) is 65.8 Å². The lowest BCUT2D eigenvalue weighted by atomic mass is 9.70. The highest BCUT2D eigenvalue weighted by Crippen LogP contribution is 2.37. The van der Waals surface area contributed by atoms with Gasteiger partial charge in [-0.05, 0) is 92.5 Å². The maximum atomic E-state index is 11.8. The van der Waals surface area contributed by atoms with E-state index >= 15 is 0 Å². The van der Waals surface area contributed by atoms with Gasteiger partial charge in [0, 0.05) is 12.8 Å². The lowest BCUT2D eigenvalue weighted by molar-refractivity contribution is -0.229. The third-order valence-electron chi connectivity index (χ3n) is 7.81. The van der Waals surface area contributed by atoms with E-state index in [0.29, 0.717) is 5.56 Å². The van der Waals surface area contributed by atoms with E-state index in [1.165, 1.54) is 0 Å². The zero-order valence-electron chi connectivity index (χ0n) is 21.6. The molecular weight excluding hydrogens is 432 g/mol. The summed E-state index contributed by atoms with van der Waals surface area (Å²) >= 11 is 0. The van der Waals surface area contributed by atoms with Crippen LogP contribution in [0.1, 0.15) is 57.9 Å². The van der Waals surface area contributed by atoms with Gasteiger partial charge in [-0.1, -0.05) is 31.2 Å². The van der Waals surface area contributed by atoms with Crippen LogP contribution < -0.4 is 0 Å². The van der Waals surface area contributed by atoms with Crippen LogP contribution in [0.2, 0.25) is 0 Å². The first-order chi connectivity index (χ1) is 15.7. The van der Waals surface area contributed by atoms with Gasteiger partial charge in [0.25, 0.3) is 0 Å². The second-order valence-corrected chi connectivity index (χ2v) is 10.0. The minimum absolute atomic E-state index is 0.0556. The standard InChI is InChI=1S/C28H42O6/c1-8-27(33,13-22-18(4)11-9-16(2)20(22)6)26(32)28(34,25(31)24(30)15-29)14-23-19(5)12-10-17(3)21(23)7/h9-12,24-26,29-34H,8,13-15H2,1-7H3/t24-,25+,26+,27?,28+/m0/s1. The summed E-state index contributed by atoms with van der Waals surface area (Å²) in [5.74, 6) is 0. The predicted octanol–water partition coefficient (Wildman–Crippen LogP) is 2.27. The molecule has 2 aromatic rings. The summed E-state index contributed by atoms with van der Waals surface area (Å²) in [7, 11) is 0. The van der Waals surface area contributed by atoms with Crippen LogP contribution in [0.5, 0.6) is 0 Å². The van der Waals surface area contributed by atoms with E-state index in [0.717, 1.165) is 38.9 Å². The molecule has 1 unspecified atom stereocenters. The van der Waals surface area contributed by atoms with Gasteiger partial charge in [0.1, 0.15) is 23.9 Å². The lowest BCUT2D eigenvalue weighted by Crippen LogP contribution is -2.66. The van der Waals surface area contributed by atoms with Gasteiger partial charge in [0.05, 0.1) is 12.2 Å². The van der Waals surface area contributed by atoms with Crippen LogP contribution in [-0.2, 0) is 12.8 Å². The first-order valence-electron chi connectivity index (χ1n) is 11.9. The average molecular weight is 475 g/mol. The molecule has 0 saturated carbocycles. The van der Waals surface area contributed by atoms with Crippen molar-refractivity contribution in [3.8, 4) is 0 Å². The molecule has 0 aliphatic rings. The molecule has 190 valence electrons. The number of aliphatic hydroxyl groups is 6. The highest BCUT2D eigenvalue weighted by Gasteiger charge is 2.54. The summed E-state index contributed by atoms with van der Waals surface area (Å²) in [5, 5.41) is 65.9. The second kappa shape index (κ2) is 10.9. The Hall–Kier alpha value is -1.80. The molecule has 0 spiro atoms. The summed E-state index contributed by atoms with van der Waals surface area (Å²) in [4.78, 5) is 0. The average Bonchev–Trinajstić information content (AvgIpc) is 2.82. The molecule has 0 aromatic heterocycles. The number of aliphatic hydroxyl groups excluding tert-OH is 4. The van der Waals surface area contributed by atoms with Crippen molar-refractivity contribution in [1.82, 2.24) is 0 Å². The molecule has 34 heavy (non-hydrogen) atoms. The quantitative estimate of drug-likeness (QED) is 0.314. The van der Waals surface area contributed by atoms with Crippen LogP contribution in [0.3, 0.4) is 0 Å². The van der Waals surface area contributed by atoms with E-state index in [9.17, 15) is 30.6 Å². The van der Waals surface area contributed by atoms with Crippen LogP contribution in [0.4, 0.5) is 0 Å². The van der Waals surface area contributed by atoms with Gasteiger partial charge >= 0.3 is 0 Å². The maximum absolute atomic E-state index is 11.8. The molecule has 0 amide bonds. The Morgan fingerprint density at radius 3 is 1.53 bits per heavy atom. The van der Waals surface area contributed by atoms with Crippen molar-refractivity contribution in [3.63, 3.8) is 0 Å². The van der Waals surface area contributed by atoms with E-state index in [2.05, 4.69) is 0 Å². The molecule has 0 aliphatic heterocycles. The number of hydrogen-bond donors (Lipinski definition) is 6. The third-order valence-corrected chi connectivity index (χ3v) is 7.81. The van der Waals surface area contributed by atoms with Crippen molar-refractivity contribution < 1.29 is 30.6 Å². The Kier molecular flexibility index (Phi) is 9.08. The molecule has 0 fully saturated rings. The van der Waals surface area contributed by atoms with Crippen LogP contribution in [-0.4, -0.2) is 66.8 Å². The van der Waals surface area contributed by atoms with Crippen molar-refractivity contribution in [3.05, 3.63) is 68.8 Å². The summed E-state index contributed by atoms with van der Waals surface area (Å²) in [5.41, 5.74) is 3.15. The fourth-order valence-corrected chi connectivity index (χ4v) is 4.83.